The number of methoxy groups -OCH3 is 1. The molecule has 0 spiro atoms. The highest BCUT2D eigenvalue weighted by molar-refractivity contribution is 7.98. The van der Waals surface area contributed by atoms with E-state index >= 15 is 0 Å². The summed E-state index contributed by atoms with van der Waals surface area (Å²) in [6, 6.07) is 1.93. The van der Waals surface area contributed by atoms with Crippen LogP contribution in [-0.2, 0) is 21.7 Å². The molecule has 1 rings (SSSR count). The highest BCUT2D eigenvalue weighted by atomic mass is 32.2. The lowest BCUT2D eigenvalue weighted by atomic mass is 10.2. The number of rotatable bonds is 7. The van der Waals surface area contributed by atoms with Gasteiger partial charge in [0, 0.05) is 5.56 Å². The van der Waals surface area contributed by atoms with Crippen LogP contribution >= 0.6 is 11.8 Å². The third-order valence-corrected chi connectivity index (χ3v) is 3.24. The van der Waals surface area contributed by atoms with Crippen molar-refractivity contribution < 1.29 is 13.9 Å². The summed E-state index contributed by atoms with van der Waals surface area (Å²) in [4.78, 5) is 11.0. The van der Waals surface area contributed by atoms with E-state index < -0.39 is 0 Å². The minimum Gasteiger partial charge on any atom is -0.469 e. The maximum atomic E-state index is 11.0. The number of unbranched alkanes of at least 4 members (excludes halogenated alkanes) is 1. The predicted octanol–water partition coefficient (Wildman–Crippen LogP) is 3.03. The van der Waals surface area contributed by atoms with E-state index in [1.807, 2.05) is 17.8 Å². The van der Waals surface area contributed by atoms with Crippen LogP contribution in [0.1, 0.15) is 31.1 Å². The average Bonchev–Trinajstić information content (AvgIpc) is 2.72. The molecule has 1 aromatic heterocycles. The standard InChI is InChI=1S/C12H18O3S/c1-3-4-5-16-9-11-6-10(8-15-11)7-12(13)14-2/h6,8H,3-5,7,9H2,1-2H3. The molecule has 3 nitrogen and oxygen atoms in total. The Bertz CT molecular complexity index is 320. The zero-order valence-electron chi connectivity index (χ0n) is 9.82. The Hall–Kier alpha value is -0.900. The van der Waals surface area contributed by atoms with E-state index in [4.69, 9.17) is 4.42 Å². The maximum Gasteiger partial charge on any atom is 0.310 e. The molecule has 0 radical (unpaired) electrons. The molecule has 0 aromatic carbocycles. The third kappa shape index (κ3) is 4.75. The number of esters is 1. The van der Waals surface area contributed by atoms with Crippen LogP contribution in [-0.4, -0.2) is 18.8 Å². The Morgan fingerprint density at radius 3 is 3.06 bits per heavy atom. The number of thioether (sulfide) groups is 1. The lowest BCUT2D eigenvalue weighted by Gasteiger charge is -1.96. The van der Waals surface area contributed by atoms with Gasteiger partial charge >= 0.3 is 5.97 Å². The van der Waals surface area contributed by atoms with Crippen LogP contribution in [0.5, 0.6) is 0 Å². The molecule has 0 aliphatic rings. The first kappa shape index (κ1) is 13.2. The van der Waals surface area contributed by atoms with Gasteiger partial charge in [-0.2, -0.15) is 11.8 Å². The third-order valence-electron chi connectivity index (χ3n) is 2.17. The van der Waals surface area contributed by atoms with Gasteiger partial charge in [0.1, 0.15) is 5.76 Å². The summed E-state index contributed by atoms with van der Waals surface area (Å²) in [6.45, 7) is 2.18. The monoisotopic (exact) mass is 242 g/mol. The summed E-state index contributed by atoms with van der Waals surface area (Å²) in [6.07, 6.45) is 4.38. The summed E-state index contributed by atoms with van der Waals surface area (Å²) in [5.41, 5.74) is 0.887. The van der Waals surface area contributed by atoms with Crippen molar-refractivity contribution >= 4 is 17.7 Å². The highest BCUT2D eigenvalue weighted by Crippen LogP contribution is 2.17. The second kappa shape index (κ2) is 7.39. The van der Waals surface area contributed by atoms with Gasteiger partial charge in [-0.15, -0.1) is 0 Å². The predicted molar refractivity (Wildman–Crippen MR) is 65.5 cm³/mol. The number of carbonyl (C=O) groups excluding carboxylic acids is 1. The van der Waals surface area contributed by atoms with Gasteiger partial charge in [0.15, 0.2) is 0 Å². The van der Waals surface area contributed by atoms with Gasteiger partial charge in [-0.3, -0.25) is 4.79 Å². The van der Waals surface area contributed by atoms with Gasteiger partial charge in [-0.25, -0.2) is 0 Å². The van der Waals surface area contributed by atoms with E-state index in [9.17, 15) is 4.79 Å². The SMILES string of the molecule is CCCCSCc1cc(CC(=O)OC)co1. The van der Waals surface area contributed by atoms with Crippen LogP contribution in [0.2, 0.25) is 0 Å². The first-order chi connectivity index (χ1) is 7.76. The lowest BCUT2D eigenvalue weighted by Crippen LogP contribution is -2.03. The Balaban J connectivity index is 2.30. The van der Waals surface area contributed by atoms with Gasteiger partial charge in [0.05, 0.1) is 25.5 Å². The maximum absolute atomic E-state index is 11.0. The molecule has 0 aliphatic carbocycles. The normalized spacial score (nSPS) is 10.4. The smallest absolute Gasteiger partial charge is 0.310 e. The van der Waals surface area contributed by atoms with Crippen molar-refractivity contribution in [2.24, 2.45) is 0 Å². The molecule has 0 fully saturated rings. The topological polar surface area (TPSA) is 39.4 Å². The Morgan fingerprint density at radius 2 is 2.38 bits per heavy atom. The number of furan rings is 1. The number of hydrogen-bond donors (Lipinski definition) is 0. The van der Waals surface area contributed by atoms with E-state index in [2.05, 4.69) is 11.7 Å². The van der Waals surface area contributed by atoms with E-state index in [0.29, 0.717) is 6.42 Å². The van der Waals surface area contributed by atoms with E-state index in [-0.39, 0.29) is 5.97 Å². The van der Waals surface area contributed by atoms with Gasteiger partial charge < -0.3 is 9.15 Å². The van der Waals surface area contributed by atoms with E-state index in [0.717, 1.165) is 22.8 Å². The van der Waals surface area contributed by atoms with E-state index in [1.165, 1.54) is 20.0 Å². The molecule has 90 valence electrons. The van der Waals surface area contributed by atoms with Crippen molar-refractivity contribution in [3.8, 4) is 0 Å². The fourth-order valence-corrected chi connectivity index (χ4v) is 2.24. The largest absolute Gasteiger partial charge is 0.469 e. The molecule has 1 aromatic rings. The molecule has 0 saturated heterocycles. The molecule has 1 heterocycles. The molecule has 0 bridgehead atoms. The van der Waals surface area contributed by atoms with Gasteiger partial charge in [0.25, 0.3) is 0 Å². The average molecular weight is 242 g/mol. The minimum atomic E-state index is -0.231. The minimum absolute atomic E-state index is 0.231. The quantitative estimate of drug-likeness (QED) is 0.544. The second-order valence-electron chi connectivity index (χ2n) is 3.58. The molecule has 4 heteroatoms. The Labute approximate surface area is 101 Å². The number of carbonyl (C=O) groups is 1. The second-order valence-corrected chi connectivity index (χ2v) is 4.69. The Morgan fingerprint density at radius 1 is 1.56 bits per heavy atom. The summed E-state index contributed by atoms with van der Waals surface area (Å²) in [5, 5.41) is 0. The first-order valence-electron chi connectivity index (χ1n) is 5.47. The van der Waals surface area contributed by atoms with Crippen LogP contribution in [0.4, 0.5) is 0 Å². The highest BCUT2D eigenvalue weighted by Gasteiger charge is 2.06. The van der Waals surface area contributed by atoms with Crippen LogP contribution in [0.25, 0.3) is 0 Å². The van der Waals surface area contributed by atoms with Gasteiger partial charge in [-0.05, 0) is 18.2 Å². The summed E-state index contributed by atoms with van der Waals surface area (Å²) in [5.74, 6) is 2.73. The molecule has 16 heavy (non-hydrogen) atoms. The molecule has 0 unspecified atom stereocenters. The molecule has 0 N–H and O–H groups in total. The van der Waals surface area contributed by atoms with Crippen LogP contribution in [0, 0.1) is 0 Å². The fraction of sp³-hybridized carbons (Fsp3) is 0.583. The zero-order chi connectivity index (χ0) is 11.8. The van der Waals surface area contributed by atoms with Crippen molar-refractivity contribution in [3.05, 3.63) is 23.7 Å². The molecular formula is C12H18O3S. The number of ether oxygens (including phenoxy) is 1. The first-order valence-corrected chi connectivity index (χ1v) is 6.62. The lowest BCUT2D eigenvalue weighted by molar-refractivity contribution is -0.139. The molecule has 0 amide bonds. The number of hydrogen-bond acceptors (Lipinski definition) is 4. The van der Waals surface area contributed by atoms with Crippen molar-refractivity contribution in [3.63, 3.8) is 0 Å². The van der Waals surface area contributed by atoms with Gasteiger partial charge in [0.2, 0.25) is 0 Å². The molecule has 0 aliphatic heterocycles. The Kier molecular flexibility index (Phi) is 6.08. The summed E-state index contributed by atoms with van der Waals surface area (Å²) >= 11 is 1.86. The fourth-order valence-electron chi connectivity index (χ4n) is 1.25. The van der Waals surface area contributed by atoms with E-state index in [1.54, 1.807) is 6.26 Å². The molecule has 0 atom stereocenters. The van der Waals surface area contributed by atoms with Crippen LogP contribution in [0.3, 0.4) is 0 Å². The van der Waals surface area contributed by atoms with Crippen molar-refractivity contribution in [2.45, 2.75) is 31.9 Å². The zero-order valence-corrected chi connectivity index (χ0v) is 10.6. The molecule has 0 saturated carbocycles. The van der Waals surface area contributed by atoms with Crippen molar-refractivity contribution in [2.75, 3.05) is 12.9 Å². The van der Waals surface area contributed by atoms with Crippen LogP contribution in [0.15, 0.2) is 16.7 Å². The van der Waals surface area contributed by atoms with Crippen molar-refractivity contribution in [1.82, 2.24) is 0 Å². The van der Waals surface area contributed by atoms with Crippen molar-refractivity contribution in [1.29, 1.82) is 0 Å². The molecular weight excluding hydrogens is 224 g/mol. The van der Waals surface area contributed by atoms with Gasteiger partial charge in [-0.1, -0.05) is 13.3 Å². The summed E-state index contributed by atoms with van der Waals surface area (Å²) < 4.78 is 9.95. The summed E-state index contributed by atoms with van der Waals surface area (Å²) in [7, 11) is 1.39. The van der Waals surface area contributed by atoms with Crippen LogP contribution < -0.4 is 0 Å².